The number of fused-ring (bicyclic) bond motifs is 1. The zero-order valence-corrected chi connectivity index (χ0v) is 10.7. The maximum absolute atomic E-state index is 12.9. The first-order valence-electron chi connectivity index (χ1n) is 5.69. The van der Waals surface area contributed by atoms with Gasteiger partial charge in [-0.3, -0.25) is 0 Å². The first-order chi connectivity index (χ1) is 9.15. The summed E-state index contributed by atoms with van der Waals surface area (Å²) in [6.07, 6.45) is 0. The number of hydrogen-bond donors (Lipinski definition) is 1. The second-order valence-corrected chi connectivity index (χ2v) is 5.17. The number of aromatic carboxylic acids is 1. The smallest absolute Gasteiger partial charge is 0.352 e. The lowest BCUT2D eigenvalue weighted by Crippen LogP contribution is -2.09. The lowest BCUT2D eigenvalue weighted by molar-refractivity contribution is 0.0686. The standard InChI is InChI=1S/C14H10FNO2S/c15-10-3-1-9(2-4-10)8-16-11-5-6-19-13(11)7-12(16)14(17)18/h1-7H,8H2,(H,17,18). The Balaban J connectivity index is 2.07. The van der Waals surface area contributed by atoms with Crippen molar-refractivity contribution < 1.29 is 14.3 Å². The van der Waals surface area contributed by atoms with E-state index < -0.39 is 5.97 Å². The Morgan fingerprint density at radius 1 is 1.26 bits per heavy atom. The van der Waals surface area contributed by atoms with E-state index in [-0.39, 0.29) is 11.5 Å². The van der Waals surface area contributed by atoms with Crippen molar-refractivity contribution in [2.45, 2.75) is 6.54 Å². The molecule has 96 valence electrons. The highest BCUT2D eigenvalue weighted by Gasteiger charge is 2.15. The third kappa shape index (κ3) is 2.13. The highest BCUT2D eigenvalue weighted by Crippen LogP contribution is 2.26. The Kier molecular flexibility index (Phi) is 2.83. The van der Waals surface area contributed by atoms with Gasteiger partial charge in [0.25, 0.3) is 0 Å². The van der Waals surface area contributed by atoms with Crippen molar-refractivity contribution in [3.63, 3.8) is 0 Å². The molecule has 0 spiro atoms. The van der Waals surface area contributed by atoms with Crippen LogP contribution in [0.2, 0.25) is 0 Å². The predicted molar refractivity (Wildman–Crippen MR) is 72.3 cm³/mol. The molecule has 0 aliphatic carbocycles. The van der Waals surface area contributed by atoms with Crippen molar-refractivity contribution in [1.82, 2.24) is 4.57 Å². The Morgan fingerprint density at radius 3 is 2.68 bits per heavy atom. The molecular formula is C14H10FNO2S. The number of halogens is 1. The van der Waals surface area contributed by atoms with Crippen molar-refractivity contribution >= 4 is 27.5 Å². The molecule has 5 heteroatoms. The Hall–Kier alpha value is -2.14. The fourth-order valence-corrected chi connectivity index (χ4v) is 2.92. The summed E-state index contributed by atoms with van der Waals surface area (Å²) >= 11 is 1.51. The molecule has 0 amide bonds. The Labute approximate surface area is 112 Å². The van der Waals surface area contributed by atoms with Gasteiger partial charge in [-0.05, 0) is 35.2 Å². The van der Waals surface area contributed by atoms with Gasteiger partial charge >= 0.3 is 5.97 Å². The molecular weight excluding hydrogens is 265 g/mol. The second-order valence-electron chi connectivity index (χ2n) is 4.22. The monoisotopic (exact) mass is 275 g/mol. The largest absolute Gasteiger partial charge is 0.477 e. The number of carboxylic acid groups (broad SMARTS) is 1. The van der Waals surface area contributed by atoms with E-state index >= 15 is 0 Å². The van der Waals surface area contributed by atoms with Crippen molar-refractivity contribution in [3.05, 3.63) is 58.9 Å². The van der Waals surface area contributed by atoms with Crippen LogP contribution in [0, 0.1) is 5.82 Å². The van der Waals surface area contributed by atoms with E-state index in [1.54, 1.807) is 22.8 Å². The minimum absolute atomic E-state index is 0.256. The minimum Gasteiger partial charge on any atom is -0.477 e. The number of benzene rings is 1. The van der Waals surface area contributed by atoms with Gasteiger partial charge in [-0.1, -0.05) is 12.1 Å². The summed E-state index contributed by atoms with van der Waals surface area (Å²) in [6.45, 7) is 0.419. The van der Waals surface area contributed by atoms with Gasteiger partial charge in [0.15, 0.2) is 0 Å². The van der Waals surface area contributed by atoms with Gasteiger partial charge in [-0.2, -0.15) is 0 Å². The van der Waals surface area contributed by atoms with Crippen molar-refractivity contribution in [3.8, 4) is 0 Å². The first-order valence-corrected chi connectivity index (χ1v) is 6.57. The fourth-order valence-electron chi connectivity index (χ4n) is 2.10. The van der Waals surface area contributed by atoms with Crippen LogP contribution in [-0.4, -0.2) is 15.6 Å². The van der Waals surface area contributed by atoms with Gasteiger partial charge in [0.05, 0.1) is 10.2 Å². The summed E-state index contributed by atoms with van der Waals surface area (Å²) in [5.74, 6) is -1.25. The molecule has 0 aliphatic heterocycles. The van der Waals surface area contributed by atoms with E-state index in [1.165, 1.54) is 23.5 Å². The summed E-state index contributed by atoms with van der Waals surface area (Å²) in [6, 6.07) is 9.66. The molecule has 1 N–H and O–H groups in total. The minimum atomic E-state index is -0.953. The van der Waals surface area contributed by atoms with Crippen LogP contribution in [0.3, 0.4) is 0 Å². The van der Waals surface area contributed by atoms with Crippen molar-refractivity contribution in [2.24, 2.45) is 0 Å². The number of hydrogen-bond acceptors (Lipinski definition) is 2. The topological polar surface area (TPSA) is 42.2 Å². The average molecular weight is 275 g/mol. The van der Waals surface area contributed by atoms with Crippen LogP contribution in [0.5, 0.6) is 0 Å². The Bertz CT molecular complexity index is 742. The fraction of sp³-hybridized carbons (Fsp3) is 0.0714. The summed E-state index contributed by atoms with van der Waals surface area (Å²) in [5.41, 5.74) is 2.02. The van der Waals surface area contributed by atoms with E-state index in [0.29, 0.717) is 6.54 Å². The molecule has 0 aliphatic rings. The maximum Gasteiger partial charge on any atom is 0.352 e. The molecule has 2 heterocycles. The molecule has 0 radical (unpaired) electrons. The van der Waals surface area contributed by atoms with Crippen LogP contribution in [0.25, 0.3) is 10.2 Å². The van der Waals surface area contributed by atoms with Gasteiger partial charge in [0.2, 0.25) is 0 Å². The van der Waals surface area contributed by atoms with E-state index in [0.717, 1.165) is 15.8 Å². The van der Waals surface area contributed by atoms with Gasteiger partial charge < -0.3 is 9.67 Å². The highest BCUT2D eigenvalue weighted by atomic mass is 32.1. The van der Waals surface area contributed by atoms with Gasteiger partial charge in [-0.15, -0.1) is 11.3 Å². The number of aromatic nitrogens is 1. The lowest BCUT2D eigenvalue weighted by Gasteiger charge is -2.07. The average Bonchev–Trinajstić information content (AvgIpc) is 2.94. The van der Waals surface area contributed by atoms with Crippen LogP contribution < -0.4 is 0 Å². The Morgan fingerprint density at radius 2 is 2.00 bits per heavy atom. The molecule has 0 saturated carbocycles. The summed E-state index contributed by atoms with van der Waals surface area (Å²) in [7, 11) is 0. The van der Waals surface area contributed by atoms with Crippen LogP contribution in [0.4, 0.5) is 4.39 Å². The molecule has 0 saturated heterocycles. The van der Waals surface area contributed by atoms with E-state index in [2.05, 4.69) is 0 Å². The quantitative estimate of drug-likeness (QED) is 0.793. The normalized spacial score (nSPS) is 11.0. The molecule has 0 bridgehead atoms. The molecule has 0 fully saturated rings. The van der Waals surface area contributed by atoms with Crippen LogP contribution in [0.15, 0.2) is 41.8 Å². The lowest BCUT2D eigenvalue weighted by atomic mass is 10.2. The number of carbonyl (C=O) groups is 1. The first kappa shape index (κ1) is 11.9. The molecule has 19 heavy (non-hydrogen) atoms. The zero-order chi connectivity index (χ0) is 13.4. The van der Waals surface area contributed by atoms with Crippen molar-refractivity contribution in [2.75, 3.05) is 0 Å². The van der Waals surface area contributed by atoms with E-state index in [1.807, 2.05) is 11.4 Å². The van der Waals surface area contributed by atoms with E-state index in [4.69, 9.17) is 0 Å². The number of rotatable bonds is 3. The molecule has 1 aromatic carbocycles. The number of nitrogens with zero attached hydrogens (tertiary/aromatic N) is 1. The van der Waals surface area contributed by atoms with Gasteiger partial charge in [0, 0.05) is 6.54 Å². The van der Waals surface area contributed by atoms with Crippen molar-refractivity contribution in [1.29, 1.82) is 0 Å². The highest BCUT2D eigenvalue weighted by molar-refractivity contribution is 7.17. The van der Waals surface area contributed by atoms with Gasteiger partial charge in [0.1, 0.15) is 11.5 Å². The predicted octanol–water partition coefficient (Wildman–Crippen LogP) is 3.59. The van der Waals surface area contributed by atoms with Gasteiger partial charge in [-0.25, -0.2) is 9.18 Å². The number of thiophene rings is 1. The maximum atomic E-state index is 12.9. The van der Waals surface area contributed by atoms with Crippen LogP contribution >= 0.6 is 11.3 Å². The SMILES string of the molecule is O=C(O)c1cc2sccc2n1Cc1ccc(F)cc1. The molecule has 0 unspecified atom stereocenters. The zero-order valence-electron chi connectivity index (χ0n) is 9.84. The second kappa shape index (κ2) is 4.51. The molecule has 3 rings (SSSR count). The van der Waals surface area contributed by atoms with Crippen LogP contribution in [-0.2, 0) is 6.54 Å². The summed E-state index contributed by atoms with van der Waals surface area (Å²) < 4.78 is 15.6. The summed E-state index contributed by atoms with van der Waals surface area (Å²) in [5, 5.41) is 11.2. The third-order valence-electron chi connectivity index (χ3n) is 3.00. The molecule has 0 atom stereocenters. The molecule has 3 aromatic rings. The molecule has 3 nitrogen and oxygen atoms in total. The van der Waals surface area contributed by atoms with E-state index in [9.17, 15) is 14.3 Å². The number of carboxylic acids is 1. The third-order valence-corrected chi connectivity index (χ3v) is 3.85. The van der Waals surface area contributed by atoms with Crippen LogP contribution in [0.1, 0.15) is 16.1 Å². The summed E-state index contributed by atoms with van der Waals surface area (Å²) in [4.78, 5) is 11.3. The molecule has 2 aromatic heterocycles.